The van der Waals surface area contributed by atoms with E-state index in [0.717, 1.165) is 0 Å². The van der Waals surface area contributed by atoms with Gasteiger partial charge < -0.3 is 0 Å². The van der Waals surface area contributed by atoms with Gasteiger partial charge in [0, 0.05) is 0 Å². The minimum absolute atomic E-state index is 1.21. The standard InChI is InChI=1S/C10H8/c1-2-9-7-4-5-8(6-7)10(9)3-1/h1-4H,5-6H2. The fraction of sp³-hybridized carbons (Fsp3) is 0.200. The van der Waals surface area contributed by atoms with Crippen molar-refractivity contribution in [2.75, 3.05) is 0 Å². The molecule has 0 aromatic rings. The van der Waals surface area contributed by atoms with Gasteiger partial charge in [-0.25, -0.2) is 0 Å². The van der Waals surface area contributed by atoms with Crippen molar-refractivity contribution in [3.63, 3.8) is 0 Å². The molecule has 0 saturated carbocycles. The molecule has 0 atom stereocenters. The van der Waals surface area contributed by atoms with Gasteiger partial charge in [-0.3, -0.25) is 0 Å². The number of hydrogen-bond donors (Lipinski definition) is 0. The Balaban J connectivity index is 2.35. The fourth-order valence-corrected chi connectivity index (χ4v) is 2.04. The maximum absolute atomic E-state index is 2.36. The first-order valence-corrected chi connectivity index (χ1v) is 3.75. The summed E-state index contributed by atoms with van der Waals surface area (Å²) in [6.45, 7) is 0. The first-order valence-electron chi connectivity index (χ1n) is 3.75. The van der Waals surface area contributed by atoms with Crippen molar-refractivity contribution in [3.05, 3.63) is 46.6 Å². The van der Waals surface area contributed by atoms with E-state index in [-0.39, 0.29) is 0 Å². The second-order valence-corrected chi connectivity index (χ2v) is 3.07. The van der Waals surface area contributed by atoms with Crippen molar-refractivity contribution < 1.29 is 0 Å². The van der Waals surface area contributed by atoms with Crippen molar-refractivity contribution in [1.29, 1.82) is 0 Å². The zero-order valence-corrected chi connectivity index (χ0v) is 5.72. The summed E-state index contributed by atoms with van der Waals surface area (Å²) in [6, 6.07) is 0. The van der Waals surface area contributed by atoms with E-state index in [1.54, 1.807) is 11.1 Å². The molecule has 0 heteroatoms. The zero-order valence-electron chi connectivity index (χ0n) is 5.72. The minimum atomic E-state index is 1.21. The highest BCUT2D eigenvalue weighted by Crippen LogP contribution is 2.45. The average molecular weight is 128 g/mol. The van der Waals surface area contributed by atoms with Crippen LogP contribution in [0.4, 0.5) is 0 Å². The van der Waals surface area contributed by atoms with Crippen LogP contribution >= 0.6 is 0 Å². The smallest absolute Gasteiger partial charge is 0.00516 e. The number of rotatable bonds is 0. The van der Waals surface area contributed by atoms with Gasteiger partial charge in [-0.1, -0.05) is 29.9 Å². The molecule has 0 spiro atoms. The third kappa shape index (κ3) is 0.367. The molecule has 0 aromatic heterocycles. The van der Waals surface area contributed by atoms with Crippen LogP contribution in [0, 0.1) is 0 Å². The Bertz CT molecular complexity index is 322. The van der Waals surface area contributed by atoms with Gasteiger partial charge >= 0.3 is 0 Å². The summed E-state index contributed by atoms with van der Waals surface area (Å²) in [5.74, 6) is 0. The fourth-order valence-electron chi connectivity index (χ4n) is 2.04. The largest absolute Gasteiger partial charge is 0.0763 e. The molecular weight excluding hydrogens is 120 g/mol. The lowest BCUT2D eigenvalue weighted by molar-refractivity contribution is 1.20. The predicted molar refractivity (Wildman–Crippen MR) is 41.6 cm³/mol. The van der Waals surface area contributed by atoms with Gasteiger partial charge in [-0.15, -0.1) is 0 Å². The summed E-state index contributed by atoms with van der Waals surface area (Å²) in [4.78, 5) is 0. The van der Waals surface area contributed by atoms with Crippen molar-refractivity contribution >= 4 is 0 Å². The molecule has 0 fully saturated rings. The number of allylic oxidation sites excluding steroid dienone is 8. The van der Waals surface area contributed by atoms with Gasteiger partial charge in [0.25, 0.3) is 0 Å². The summed E-state index contributed by atoms with van der Waals surface area (Å²) >= 11 is 0. The van der Waals surface area contributed by atoms with Crippen LogP contribution in [0.15, 0.2) is 46.6 Å². The highest BCUT2D eigenvalue weighted by Gasteiger charge is 2.27. The van der Waals surface area contributed by atoms with Crippen LogP contribution in [-0.4, -0.2) is 0 Å². The first-order chi connectivity index (χ1) is 4.95. The van der Waals surface area contributed by atoms with E-state index in [2.05, 4.69) is 24.3 Å². The molecule has 0 aromatic carbocycles. The SMILES string of the molecule is C1=CC2=C3CC=C(C3)C2=C1. The molecule has 0 aliphatic heterocycles. The second kappa shape index (κ2) is 1.34. The molecule has 0 amide bonds. The van der Waals surface area contributed by atoms with Gasteiger partial charge in [0.15, 0.2) is 0 Å². The molecule has 10 heavy (non-hydrogen) atoms. The van der Waals surface area contributed by atoms with Gasteiger partial charge in [0.2, 0.25) is 0 Å². The summed E-state index contributed by atoms with van der Waals surface area (Å²) in [5, 5.41) is 0. The Morgan fingerprint density at radius 2 is 2.30 bits per heavy atom. The van der Waals surface area contributed by atoms with E-state index in [1.807, 2.05) is 0 Å². The van der Waals surface area contributed by atoms with Crippen molar-refractivity contribution in [1.82, 2.24) is 0 Å². The lowest BCUT2D eigenvalue weighted by atomic mass is 10.0. The Morgan fingerprint density at radius 1 is 1.30 bits per heavy atom. The molecule has 0 nitrogen and oxygen atoms in total. The highest BCUT2D eigenvalue weighted by molar-refractivity contribution is 5.68. The minimum Gasteiger partial charge on any atom is -0.0763 e. The molecule has 3 rings (SSSR count). The Labute approximate surface area is 60.2 Å². The van der Waals surface area contributed by atoms with Crippen LogP contribution < -0.4 is 0 Å². The van der Waals surface area contributed by atoms with Crippen LogP contribution in [0.2, 0.25) is 0 Å². The molecule has 3 aliphatic rings. The van der Waals surface area contributed by atoms with E-state index in [9.17, 15) is 0 Å². The van der Waals surface area contributed by atoms with Crippen LogP contribution in [0.1, 0.15) is 12.8 Å². The summed E-state index contributed by atoms with van der Waals surface area (Å²) < 4.78 is 0. The highest BCUT2D eigenvalue weighted by atomic mass is 14.3. The van der Waals surface area contributed by atoms with Crippen molar-refractivity contribution in [2.45, 2.75) is 12.8 Å². The van der Waals surface area contributed by atoms with Gasteiger partial charge in [-0.05, 0) is 29.6 Å². The van der Waals surface area contributed by atoms with Crippen LogP contribution in [-0.2, 0) is 0 Å². The lowest BCUT2D eigenvalue weighted by Crippen LogP contribution is -1.82. The molecule has 0 saturated heterocycles. The lowest BCUT2D eigenvalue weighted by Gasteiger charge is -2.01. The van der Waals surface area contributed by atoms with E-state index < -0.39 is 0 Å². The molecule has 0 heterocycles. The quantitative estimate of drug-likeness (QED) is 0.470. The number of fused-ring (bicyclic) bond motifs is 4. The summed E-state index contributed by atoms with van der Waals surface area (Å²) in [6.07, 6.45) is 11.4. The first kappa shape index (κ1) is 4.73. The monoisotopic (exact) mass is 128 g/mol. The molecule has 2 bridgehead atoms. The van der Waals surface area contributed by atoms with Crippen LogP contribution in [0.3, 0.4) is 0 Å². The zero-order chi connectivity index (χ0) is 6.55. The van der Waals surface area contributed by atoms with E-state index in [0.29, 0.717) is 0 Å². The average Bonchev–Trinajstić information content (AvgIpc) is 2.60. The Morgan fingerprint density at radius 3 is 3.20 bits per heavy atom. The Kier molecular flexibility index (Phi) is 0.634. The maximum atomic E-state index is 2.36. The van der Waals surface area contributed by atoms with E-state index in [1.165, 1.54) is 24.0 Å². The van der Waals surface area contributed by atoms with Crippen molar-refractivity contribution in [3.8, 4) is 0 Å². The molecule has 48 valence electrons. The molecular formula is C10H8. The predicted octanol–water partition coefficient (Wildman–Crippen LogP) is 2.51. The molecule has 0 unspecified atom stereocenters. The molecule has 0 radical (unpaired) electrons. The van der Waals surface area contributed by atoms with Crippen LogP contribution in [0.25, 0.3) is 0 Å². The third-order valence-corrected chi connectivity index (χ3v) is 2.54. The topological polar surface area (TPSA) is 0 Å². The Hall–Kier alpha value is -1.04. The van der Waals surface area contributed by atoms with Crippen molar-refractivity contribution in [2.24, 2.45) is 0 Å². The van der Waals surface area contributed by atoms with E-state index in [4.69, 9.17) is 0 Å². The summed E-state index contributed by atoms with van der Waals surface area (Å²) in [5.41, 5.74) is 6.23. The van der Waals surface area contributed by atoms with Gasteiger partial charge in [0.1, 0.15) is 0 Å². The molecule has 0 N–H and O–H groups in total. The third-order valence-electron chi connectivity index (χ3n) is 2.54. The molecule has 3 aliphatic carbocycles. The van der Waals surface area contributed by atoms with Gasteiger partial charge in [-0.2, -0.15) is 0 Å². The second-order valence-electron chi connectivity index (χ2n) is 3.07. The number of hydrogen-bond acceptors (Lipinski definition) is 0. The van der Waals surface area contributed by atoms with Crippen LogP contribution in [0.5, 0.6) is 0 Å². The normalized spacial score (nSPS) is 25.6. The van der Waals surface area contributed by atoms with E-state index >= 15 is 0 Å². The van der Waals surface area contributed by atoms with Gasteiger partial charge in [0.05, 0.1) is 0 Å². The maximum Gasteiger partial charge on any atom is -0.00516 e. The summed E-state index contributed by atoms with van der Waals surface area (Å²) in [7, 11) is 0.